The summed E-state index contributed by atoms with van der Waals surface area (Å²) in [6, 6.07) is 1.91. The third kappa shape index (κ3) is 15.2. The van der Waals surface area contributed by atoms with Crippen molar-refractivity contribution in [1.29, 1.82) is 5.26 Å². The van der Waals surface area contributed by atoms with Crippen molar-refractivity contribution in [2.24, 2.45) is 0 Å². The van der Waals surface area contributed by atoms with Gasteiger partial charge in [-0.15, -0.1) is 0 Å². The Morgan fingerprint density at radius 2 is 2.00 bits per heavy atom. The summed E-state index contributed by atoms with van der Waals surface area (Å²) in [6.45, 7) is -0.477. The van der Waals surface area contributed by atoms with Gasteiger partial charge < -0.3 is 29.3 Å². The van der Waals surface area contributed by atoms with E-state index < -0.39 is 37.6 Å². The molecule has 8 nitrogen and oxygen atoms in total. The molecule has 0 aliphatic carbocycles. The Morgan fingerprint density at radius 1 is 1.35 bits per heavy atom. The molecule has 0 radical (unpaired) electrons. The second-order valence-electron chi connectivity index (χ2n) is 4.04. The summed E-state index contributed by atoms with van der Waals surface area (Å²) in [7, 11) is -1.49. The monoisotopic (exact) mass is 410 g/mol. The summed E-state index contributed by atoms with van der Waals surface area (Å²) in [5.41, 5.74) is 0. The van der Waals surface area contributed by atoms with E-state index in [1.165, 1.54) is 0 Å². The van der Waals surface area contributed by atoms with Gasteiger partial charge in [-0.25, -0.2) is 4.79 Å². The van der Waals surface area contributed by atoms with E-state index in [-0.39, 0.29) is 32.3 Å². The molecular weight excluding hydrogens is 393 g/mol. The smallest absolute Gasteiger partial charge is 0.407 e. The number of carbonyl (C=O) groups excluding carboxylic acids is 1. The number of alkyl halides is 3. The highest BCUT2D eigenvalue weighted by Crippen LogP contribution is 2.38. The maximum Gasteiger partial charge on any atom is 0.407 e. The summed E-state index contributed by atoms with van der Waals surface area (Å²) in [6.07, 6.45) is -1.48. The Bertz CT molecular complexity index is 380. The van der Waals surface area contributed by atoms with Gasteiger partial charge in [0.25, 0.3) is 0 Å². The molecular formula is C11H18Cl3N2O6P. The number of aliphatic hydroxyl groups is 2. The third-order valence-corrected chi connectivity index (χ3v) is 3.98. The highest BCUT2D eigenvalue weighted by atomic mass is 35.6. The SMILES string of the molecule is N#CCCOP(CC(O)CO)OCCNC(=O)OCC(Cl)(Cl)Cl. The van der Waals surface area contributed by atoms with Crippen molar-refractivity contribution >= 4 is 49.3 Å². The van der Waals surface area contributed by atoms with E-state index in [9.17, 15) is 9.90 Å². The lowest BCUT2D eigenvalue weighted by atomic mass is 10.4. The highest BCUT2D eigenvalue weighted by molar-refractivity contribution is 7.47. The molecule has 1 amide bonds. The molecule has 0 saturated carbocycles. The molecule has 23 heavy (non-hydrogen) atoms. The van der Waals surface area contributed by atoms with Crippen molar-refractivity contribution < 1.29 is 28.8 Å². The fourth-order valence-corrected chi connectivity index (χ4v) is 2.56. The molecule has 0 heterocycles. The Balaban J connectivity index is 3.96. The van der Waals surface area contributed by atoms with Gasteiger partial charge in [0.15, 0.2) is 8.38 Å². The summed E-state index contributed by atoms with van der Waals surface area (Å²) >= 11 is 16.3. The minimum atomic E-state index is -1.68. The molecule has 2 atom stereocenters. The van der Waals surface area contributed by atoms with Gasteiger partial charge in [-0.3, -0.25) is 0 Å². The van der Waals surface area contributed by atoms with Crippen LogP contribution < -0.4 is 5.32 Å². The first-order valence-electron chi connectivity index (χ1n) is 6.45. The van der Waals surface area contributed by atoms with Gasteiger partial charge in [0.1, 0.15) is 6.61 Å². The molecule has 0 aromatic rings. The maximum atomic E-state index is 11.3. The lowest BCUT2D eigenvalue weighted by Crippen LogP contribution is -2.30. The van der Waals surface area contributed by atoms with E-state index in [4.69, 9.17) is 54.2 Å². The first kappa shape index (κ1) is 22.9. The molecule has 0 bridgehead atoms. The van der Waals surface area contributed by atoms with Crippen molar-refractivity contribution in [2.45, 2.75) is 16.3 Å². The Hall–Kier alpha value is -0.100. The molecule has 0 aromatic carbocycles. The Morgan fingerprint density at radius 3 is 2.57 bits per heavy atom. The number of aliphatic hydroxyl groups excluding tert-OH is 2. The number of ether oxygens (including phenoxy) is 1. The second-order valence-corrected chi connectivity index (χ2v) is 8.11. The zero-order chi connectivity index (χ0) is 17.7. The quantitative estimate of drug-likeness (QED) is 0.269. The van der Waals surface area contributed by atoms with E-state index in [1.54, 1.807) is 0 Å². The van der Waals surface area contributed by atoms with E-state index >= 15 is 0 Å². The summed E-state index contributed by atoms with van der Waals surface area (Å²) in [4.78, 5) is 11.3. The fraction of sp³-hybridized carbons (Fsp3) is 0.818. The van der Waals surface area contributed by atoms with Crippen LogP contribution in [0.25, 0.3) is 0 Å². The molecule has 0 aliphatic rings. The van der Waals surface area contributed by atoms with Gasteiger partial charge in [-0.2, -0.15) is 5.26 Å². The van der Waals surface area contributed by atoms with Crippen LogP contribution in [-0.4, -0.2) is 65.3 Å². The average Bonchev–Trinajstić information content (AvgIpc) is 2.48. The number of alkyl carbamates (subject to hydrolysis) is 1. The Kier molecular flexibility index (Phi) is 13.2. The molecule has 0 aromatic heterocycles. The van der Waals surface area contributed by atoms with E-state index in [2.05, 4.69) is 10.1 Å². The molecule has 12 heteroatoms. The van der Waals surface area contributed by atoms with Crippen LogP contribution in [0.4, 0.5) is 4.79 Å². The van der Waals surface area contributed by atoms with Crippen LogP contribution in [0.2, 0.25) is 0 Å². The van der Waals surface area contributed by atoms with Crippen LogP contribution in [-0.2, 0) is 13.8 Å². The molecule has 0 rings (SSSR count). The van der Waals surface area contributed by atoms with Gasteiger partial charge in [0.05, 0.1) is 38.4 Å². The standard InChI is InChI=1S/C11H18Cl3N2O6P/c12-11(13,14)8-20-10(19)16-3-5-22-23(7-9(18)6-17)21-4-1-2-15/h9,17-18H,1,3-8H2,(H,16,19). The first-order valence-corrected chi connectivity index (χ1v) is 8.94. The predicted molar refractivity (Wildman–Crippen MR) is 86.7 cm³/mol. The van der Waals surface area contributed by atoms with Gasteiger partial charge in [-0.05, 0) is 0 Å². The summed E-state index contributed by atoms with van der Waals surface area (Å²) in [5.74, 6) is 0. The molecule has 0 spiro atoms. The van der Waals surface area contributed by atoms with E-state index in [0.29, 0.717) is 0 Å². The molecule has 0 saturated heterocycles. The maximum absolute atomic E-state index is 11.3. The lowest BCUT2D eigenvalue weighted by Gasteiger charge is -2.19. The van der Waals surface area contributed by atoms with Crippen LogP contribution in [0.1, 0.15) is 6.42 Å². The minimum Gasteiger partial charge on any atom is -0.445 e. The van der Waals surface area contributed by atoms with Crippen LogP contribution in [0.3, 0.4) is 0 Å². The normalized spacial score (nSPS) is 13.9. The van der Waals surface area contributed by atoms with Crippen LogP contribution in [0.5, 0.6) is 0 Å². The van der Waals surface area contributed by atoms with Crippen LogP contribution in [0, 0.1) is 11.3 Å². The zero-order valence-corrected chi connectivity index (χ0v) is 15.2. The topological polar surface area (TPSA) is 121 Å². The van der Waals surface area contributed by atoms with Crippen molar-refractivity contribution in [1.82, 2.24) is 5.32 Å². The van der Waals surface area contributed by atoms with Crippen LogP contribution in [0.15, 0.2) is 0 Å². The highest BCUT2D eigenvalue weighted by Gasteiger charge is 2.22. The van der Waals surface area contributed by atoms with Crippen molar-refractivity contribution in [3.63, 3.8) is 0 Å². The van der Waals surface area contributed by atoms with Crippen LogP contribution >= 0.6 is 43.2 Å². The predicted octanol–water partition coefficient (Wildman–Crippen LogP) is 1.69. The first-order chi connectivity index (χ1) is 10.8. The van der Waals surface area contributed by atoms with Gasteiger partial charge in [0.2, 0.25) is 3.79 Å². The number of halogens is 3. The third-order valence-electron chi connectivity index (χ3n) is 1.99. The summed E-state index contributed by atoms with van der Waals surface area (Å²) < 4.78 is 13.6. The van der Waals surface area contributed by atoms with Crippen molar-refractivity contribution in [2.75, 3.05) is 39.1 Å². The molecule has 3 N–H and O–H groups in total. The second kappa shape index (κ2) is 13.2. The number of carbonyl (C=O) groups is 1. The molecule has 134 valence electrons. The lowest BCUT2D eigenvalue weighted by molar-refractivity contribution is 0.106. The number of hydrogen-bond acceptors (Lipinski definition) is 7. The molecule has 0 fully saturated rings. The van der Waals surface area contributed by atoms with E-state index in [0.717, 1.165) is 0 Å². The average molecular weight is 412 g/mol. The number of hydrogen-bond donors (Lipinski definition) is 3. The van der Waals surface area contributed by atoms with Gasteiger partial charge in [-0.1, -0.05) is 34.8 Å². The fourth-order valence-electron chi connectivity index (χ4n) is 1.06. The van der Waals surface area contributed by atoms with Gasteiger partial charge in [0, 0.05) is 12.7 Å². The van der Waals surface area contributed by atoms with Crippen molar-refractivity contribution in [3.8, 4) is 6.07 Å². The minimum absolute atomic E-state index is 0.0826. The Labute approximate surface area is 150 Å². The number of rotatable bonds is 11. The molecule has 2 unspecified atom stereocenters. The van der Waals surface area contributed by atoms with Gasteiger partial charge >= 0.3 is 6.09 Å². The number of amides is 1. The van der Waals surface area contributed by atoms with Crippen molar-refractivity contribution in [3.05, 3.63) is 0 Å². The molecule has 0 aliphatic heterocycles. The largest absolute Gasteiger partial charge is 0.445 e. The summed E-state index contributed by atoms with van der Waals surface area (Å²) in [5, 5.41) is 29.0. The van der Waals surface area contributed by atoms with E-state index in [1.807, 2.05) is 6.07 Å². The number of nitriles is 1. The number of nitrogens with zero attached hydrogens (tertiary/aromatic N) is 1. The zero-order valence-electron chi connectivity index (χ0n) is 12.1. The number of nitrogens with one attached hydrogen (secondary N) is 1.